The second-order valence-electron chi connectivity index (χ2n) is 5.29. The van der Waals surface area contributed by atoms with Gasteiger partial charge in [0.1, 0.15) is 0 Å². The average molecular weight is 298 g/mol. The van der Waals surface area contributed by atoms with E-state index in [2.05, 4.69) is 20.8 Å². The Kier molecular flexibility index (Phi) is 3.81. The Morgan fingerprint density at radius 1 is 1.38 bits per heavy atom. The Morgan fingerprint density at radius 3 is 2.95 bits per heavy atom. The number of nitrogens with zero attached hydrogens (tertiary/aromatic N) is 3. The second kappa shape index (κ2) is 5.75. The molecule has 21 heavy (non-hydrogen) atoms. The van der Waals surface area contributed by atoms with Crippen molar-refractivity contribution in [3.05, 3.63) is 64.2 Å². The summed E-state index contributed by atoms with van der Waals surface area (Å²) in [6.07, 6.45) is 6.01. The third-order valence-corrected chi connectivity index (χ3v) is 4.57. The summed E-state index contributed by atoms with van der Waals surface area (Å²) in [6, 6.07) is 8.28. The molecule has 1 unspecified atom stereocenters. The summed E-state index contributed by atoms with van der Waals surface area (Å²) in [4.78, 5) is 10.1. The van der Waals surface area contributed by atoms with Gasteiger partial charge in [-0.3, -0.25) is 4.98 Å². The van der Waals surface area contributed by atoms with Crippen LogP contribution in [0.3, 0.4) is 0 Å². The maximum Gasteiger partial charge on any atom is 0.205 e. The van der Waals surface area contributed by atoms with Crippen LogP contribution in [0.15, 0.2) is 36.7 Å². The Balaban J connectivity index is 2.00. The van der Waals surface area contributed by atoms with Gasteiger partial charge in [-0.15, -0.1) is 0 Å². The molecule has 0 amide bonds. The third-order valence-electron chi connectivity index (χ3n) is 4.09. The number of hydrogen-bond acceptors (Lipinski definition) is 2. The molecular weight excluding hydrogens is 282 g/mol. The fourth-order valence-corrected chi connectivity index (χ4v) is 3.23. The first-order valence-electron chi connectivity index (χ1n) is 7.05. The van der Waals surface area contributed by atoms with E-state index in [1.807, 2.05) is 31.3 Å². The molecule has 1 fully saturated rings. The van der Waals surface area contributed by atoms with Gasteiger partial charge in [0.05, 0.1) is 17.6 Å². The zero-order valence-electron chi connectivity index (χ0n) is 11.9. The molecule has 0 spiro atoms. The minimum Gasteiger partial charge on any atom is -0.364 e. The van der Waals surface area contributed by atoms with Gasteiger partial charge in [0.15, 0.2) is 0 Å². The van der Waals surface area contributed by atoms with E-state index >= 15 is 0 Å². The van der Waals surface area contributed by atoms with E-state index in [4.69, 9.17) is 18.2 Å². The molecule has 2 aromatic rings. The fraction of sp³-hybridized carbons (Fsp3) is 0.294. The van der Waals surface area contributed by atoms with Crippen LogP contribution in [0.25, 0.3) is 4.85 Å². The van der Waals surface area contributed by atoms with Gasteiger partial charge in [-0.2, -0.15) is 0 Å². The summed E-state index contributed by atoms with van der Waals surface area (Å²) in [6.45, 7) is 10.2. The second-order valence-corrected chi connectivity index (χ2v) is 5.67. The summed E-state index contributed by atoms with van der Waals surface area (Å²) in [5.74, 6) is 0. The van der Waals surface area contributed by atoms with Gasteiger partial charge in [0.2, 0.25) is 5.69 Å². The van der Waals surface area contributed by atoms with E-state index in [-0.39, 0.29) is 0 Å². The Bertz CT molecular complexity index is 691. The molecule has 1 saturated heterocycles. The van der Waals surface area contributed by atoms with Gasteiger partial charge in [0, 0.05) is 24.6 Å². The van der Waals surface area contributed by atoms with Crippen LogP contribution in [-0.4, -0.2) is 11.5 Å². The zero-order chi connectivity index (χ0) is 14.8. The predicted octanol–water partition coefficient (Wildman–Crippen LogP) is 4.94. The van der Waals surface area contributed by atoms with Crippen LogP contribution in [0.2, 0.25) is 5.02 Å². The Hall–Kier alpha value is -2.05. The van der Waals surface area contributed by atoms with Crippen molar-refractivity contribution in [2.75, 3.05) is 11.4 Å². The molecule has 3 rings (SSSR count). The molecule has 1 aliphatic rings. The number of aromatic nitrogens is 1. The van der Waals surface area contributed by atoms with Gasteiger partial charge in [0.25, 0.3) is 0 Å². The zero-order valence-corrected chi connectivity index (χ0v) is 12.6. The molecule has 0 saturated carbocycles. The number of rotatable bonds is 2. The van der Waals surface area contributed by atoms with Crippen molar-refractivity contribution in [3.8, 4) is 0 Å². The van der Waals surface area contributed by atoms with E-state index in [9.17, 15) is 0 Å². The van der Waals surface area contributed by atoms with Crippen LogP contribution in [0.1, 0.15) is 30.0 Å². The number of anilines is 1. The van der Waals surface area contributed by atoms with Gasteiger partial charge in [-0.25, -0.2) is 4.85 Å². The standard InChI is InChI=1S/C17H16ClN3/c1-12-15(8-7-14(19-2)17(12)18)21-10-4-6-16(21)13-5-3-9-20-11-13/h3,5,7-9,11,16H,4,6,10H2,1H3. The molecule has 1 aromatic carbocycles. The Morgan fingerprint density at radius 2 is 2.24 bits per heavy atom. The van der Waals surface area contributed by atoms with Crippen molar-refractivity contribution in [3.63, 3.8) is 0 Å². The van der Waals surface area contributed by atoms with E-state index in [1.54, 1.807) is 6.20 Å². The van der Waals surface area contributed by atoms with Crippen LogP contribution in [0.5, 0.6) is 0 Å². The third kappa shape index (κ3) is 2.48. The van der Waals surface area contributed by atoms with Crippen LogP contribution >= 0.6 is 11.6 Å². The minimum atomic E-state index is 0.340. The molecule has 4 heteroatoms. The predicted molar refractivity (Wildman–Crippen MR) is 86.0 cm³/mol. The highest BCUT2D eigenvalue weighted by Crippen LogP contribution is 2.41. The molecule has 3 nitrogen and oxygen atoms in total. The van der Waals surface area contributed by atoms with Crippen LogP contribution in [-0.2, 0) is 0 Å². The minimum absolute atomic E-state index is 0.340. The highest BCUT2D eigenvalue weighted by atomic mass is 35.5. The van der Waals surface area contributed by atoms with Crippen molar-refractivity contribution in [1.82, 2.24) is 4.98 Å². The summed E-state index contributed by atoms with van der Waals surface area (Å²) < 4.78 is 0. The molecule has 0 N–H and O–H groups in total. The smallest absolute Gasteiger partial charge is 0.205 e. The van der Waals surface area contributed by atoms with Crippen molar-refractivity contribution in [2.24, 2.45) is 0 Å². The molecule has 0 radical (unpaired) electrons. The van der Waals surface area contributed by atoms with Crippen LogP contribution in [0, 0.1) is 13.5 Å². The van der Waals surface area contributed by atoms with Crippen LogP contribution in [0.4, 0.5) is 11.4 Å². The first kappa shape index (κ1) is 13.9. The van der Waals surface area contributed by atoms with E-state index in [1.165, 1.54) is 5.56 Å². The van der Waals surface area contributed by atoms with E-state index < -0.39 is 0 Å². The highest BCUT2D eigenvalue weighted by molar-refractivity contribution is 6.34. The lowest BCUT2D eigenvalue weighted by molar-refractivity contribution is 0.714. The van der Waals surface area contributed by atoms with Crippen molar-refractivity contribution in [2.45, 2.75) is 25.8 Å². The van der Waals surface area contributed by atoms with Crippen molar-refractivity contribution in [1.29, 1.82) is 0 Å². The number of halogens is 1. The summed E-state index contributed by atoms with van der Waals surface area (Å²) in [5.41, 5.74) is 3.87. The monoisotopic (exact) mass is 297 g/mol. The van der Waals surface area contributed by atoms with E-state index in [0.717, 1.165) is 30.6 Å². The summed E-state index contributed by atoms with van der Waals surface area (Å²) in [5, 5.41) is 0.569. The number of benzene rings is 1. The van der Waals surface area contributed by atoms with Crippen molar-refractivity contribution < 1.29 is 0 Å². The Labute approximate surface area is 130 Å². The molecule has 1 aliphatic heterocycles. The van der Waals surface area contributed by atoms with Gasteiger partial charge < -0.3 is 4.90 Å². The first-order chi connectivity index (χ1) is 10.2. The normalized spacial score (nSPS) is 17.8. The average Bonchev–Trinajstić information content (AvgIpc) is 3.00. The SMILES string of the molecule is [C-]#[N+]c1ccc(N2CCCC2c2cccnc2)c(C)c1Cl. The fourth-order valence-electron chi connectivity index (χ4n) is 3.03. The molecular formula is C17H16ClN3. The molecule has 0 aliphatic carbocycles. The maximum atomic E-state index is 7.15. The van der Waals surface area contributed by atoms with Gasteiger partial charge in [-0.1, -0.05) is 23.7 Å². The van der Waals surface area contributed by atoms with Crippen molar-refractivity contribution >= 4 is 23.0 Å². The number of pyridine rings is 1. The first-order valence-corrected chi connectivity index (χ1v) is 7.43. The maximum absolute atomic E-state index is 7.15. The molecule has 1 atom stereocenters. The molecule has 2 heterocycles. The molecule has 106 valence electrons. The highest BCUT2D eigenvalue weighted by Gasteiger charge is 2.28. The van der Waals surface area contributed by atoms with Gasteiger partial charge in [-0.05, 0) is 43.0 Å². The summed E-state index contributed by atoms with van der Waals surface area (Å²) in [7, 11) is 0. The van der Waals surface area contributed by atoms with Crippen LogP contribution < -0.4 is 4.90 Å². The molecule has 1 aromatic heterocycles. The topological polar surface area (TPSA) is 20.5 Å². The van der Waals surface area contributed by atoms with E-state index in [0.29, 0.717) is 16.8 Å². The summed E-state index contributed by atoms with van der Waals surface area (Å²) >= 11 is 6.32. The lowest BCUT2D eigenvalue weighted by Gasteiger charge is -2.29. The molecule has 0 bridgehead atoms. The quantitative estimate of drug-likeness (QED) is 0.732. The van der Waals surface area contributed by atoms with Gasteiger partial charge >= 0.3 is 0 Å². The lowest BCUT2D eigenvalue weighted by Crippen LogP contribution is -2.23. The number of hydrogen-bond donors (Lipinski definition) is 0. The largest absolute Gasteiger partial charge is 0.364 e. The lowest BCUT2D eigenvalue weighted by atomic mass is 10.1.